The zero-order chi connectivity index (χ0) is 57.6. The first-order chi connectivity index (χ1) is 37.0. The summed E-state index contributed by atoms with van der Waals surface area (Å²) in [6.07, 6.45) is -0.472. The molecule has 0 bridgehead atoms. The first-order valence-corrected chi connectivity index (χ1v) is 25.8. The second kappa shape index (κ2) is 30.7. The number of carbonyl (C=O) groups is 9. The summed E-state index contributed by atoms with van der Waals surface area (Å²) >= 11 is 0. The third kappa shape index (κ3) is 19.3. The van der Waals surface area contributed by atoms with Crippen molar-refractivity contribution < 1.29 is 63.6 Å². The first kappa shape index (κ1) is 62.6. The summed E-state index contributed by atoms with van der Waals surface area (Å²) < 4.78 is 0. The Morgan fingerprint density at radius 2 is 1.10 bits per heavy atom. The van der Waals surface area contributed by atoms with Crippen LogP contribution in [0.2, 0.25) is 0 Å². The summed E-state index contributed by atoms with van der Waals surface area (Å²) in [4.78, 5) is 125. The van der Waals surface area contributed by atoms with E-state index in [2.05, 4.69) is 47.5 Å². The van der Waals surface area contributed by atoms with Crippen LogP contribution in [0.5, 0.6) is 5.75 Å². The Morgan fingerprint density at radius 1 is 0.577 bits per heavy atom. The lowest BCUT2D eigenvalue weighted by Crippen LogP contribution is -2.62. The summed E-state index contributed by atoms with van der Waals surface area (Å²) in [7, 11) is 0. The number of rotatable bonds is 31. The molecule has 0 fully saturated rings. The smallest absolute Gasteiger partial charge is 0.325 e. The van der Waals surface area contributed by atoms with Crippen LogP contribution in [0.25, 0.3) is 10.9 Å². The van der Waals surface area contributed by atoms with Gasteiger partial charge in [-0.2, -0.15) is 0 Å². The highest BCUT2D eigenvalue weighted by Gasteiger charge is 2.36. The minimum absolute atomic E-state index is 0.0459. The van der Waals surface area contributed by atoms with Crippen LogP contribution in [-0.4, -0.2) is 152 Å². The summed E-state index contributed by atoms with van der Waals surface area (Å²) in [6, 6.07) is 10.4. The molecule has 4 aromatic rings. The predicted octanol–water partition coefficient (Wildman–Crippen LogP) is -1.22. The molecule has 4 rings (SSSR count). The van der Waals surface area contributed by atoms with Gasteiger partial charge >= 0.3 is 5.97 Å². The highest BCUT2D eigenvalue weighted by Crippen LogP contribution is 2.20. The number of carboxylic acids is 1. The van der Waals surface area contributed by atoms with E-state index >= 15 is 0 Å². The van der Waals surface area contributed by atoms with E-state index in [0.717, 1.165) is 16.5 Å². The van der Waals surface area contributed by atoms with Gasteiger partial charge in [0.15, 0.2) is 0 Å². The van der Waals surface area contributed by atoms with E-state index in [4.69, 9.17) is 11.5 Å². The van der Waals surface area contributed by atoms with Gasteiger partial charge in [0, 0.05) is 29.9 Å². The maximum Gasteiger partial charge on any atom is 0.325 e. The Morgan fingerprint density at radius 3 is 1.69 bits per heavy atom. The predicted molar refractivity (Wildman–Crippen MR) is 287 cm³/mol. The van der Waals surface area contributed by atoms with Gasteiger partial charge < -0.3 is 79.4 Å². The number of carboxylic acid groups (broad SMARTS) is 1. The molecule has 1 heterocycles. The van der Waals surface area contributed by atoms with Crippen LogP contribution in [-0.2, 0) is 62.4 Å². The zero-order valence-electron chi connectivity index (χ0n) is 44.4. The van der Waals surface area contributed by atoms with E-state index in [9.17, 15) is 63.6 Å². The number of aromatic amines is 1. The number of carbonyl (C=O) groups excluding carboxylic acids is 8. The second-order valence-electron chi connectivity index (χ2n) is 19.4. The van der Waals surface area contributed by atoms with Crippen LogP contribution < -0.4 is 54.0 Å². The number of H-pyrrole nitrogens is 1. The van der Waals surface area contributed by atoms with Crippen LogP contribution in [0.15, 0.2) is 85.1 Å². The van der Waals surface area contributed by atoms with Crippen LogP contribution in [0.1, 0.15) is 77.0 Å². The topological polar surface area (TPSA) is 399 Å². The number of nitrogens with one attached hydrogen (secondary N) is 9. The number of para-hydroxylation sites is 1. The van der Waals surface area contributed by atoms with Gasteiger partial charge in [-0.05, 0) is 93.8 Å². The van der Waals surface area contributed by atoms with Crippen molar-refractivity contribution in [3.63, 3.8) is 0 Å². The van der Waals surface area contributed by atoms with E-state index in [0.29, 0.717) is 24.0 Å². The molecule has 1 aromatic heterocycles. The number of fused-ring (bicyclic) bond motifs is 1. The van der Waals surface area contributed by atoms with Crippen molar-refractivity contribution in [1.82, 2.24) is 47.5 Å². The molecule has 0 radical (unpaired) electrons. The number of phenols is 1. The zero-order valence-corrected chi connectivity index (χ0v) is 44.4. The normalized spacial score (nSPS) is 15.4. The molecule has 17 N–H and O–H groups in total. The van der Waals surface area contributed by atoms with E-state index < -0.39 is 126 Å². The third-order valence-electron chi connectivity index (χ3n) is 13.0. The van der Waals surface area contributed by atoms with Gasteiger partial charge in [0.05, 0.1) is 24.8 Å². The molecule has 0 aliphatic carbocycles. The maximum absolute atomic E-state index is 14.3. The van der Waals surface area contributed by atoms with Crippen molar-refractivity contribution in [2.75, 3.05) is 13.1 Å². The number of phenolic OH excluding ortho intramolecular Hbond substituents is 1. The number of amides is 8. The van der Waals surface area contributed by atoms with Crippen LogP contribution in [0, 0.1) is 5.92 Å². The SMILES string of the molecule is CC[C@H](C)[C@H](NC(=O)[C@@H](N)Cc1c[nH]c2ccccc12)C(=O)NCC(=O)N[C@@H](Cc1ccccc1)C(=O)N[C@H](C(=O)N[C@@H](Cc1ccc(O)cc1)C(=O)N[C@@H](CCCCN)C(=O)N[C@H](C(=O)N[C@@H](C)C(=O)O)[C@@H](C)O)[C@@H](C)O. The molecule has 0 saturated carbocycles. The molecule has 78 heavy (non-hydrogen) atoms. The number of hydrogen-bond donors (Lipinski definition) is 15. The number of aliphatic carboxylic acids is 1. The van der Waals surface area contributed by atoms with Gasteiger partial charge in [-0.1, -0.05) is 80.9 Å². The largest absolute Gasteiger partial charge is 0.508 e. The number of aromatic nitrogens is 1. The van der Waals surface area contributed by atoms with E-state index in [1.807, 2.05) is 31.2 Å². The van der Waals surface area contributed by atoms with Gasteiger partial charge in [-0.3, -0.25) is 43.2 Å². The highest BCUT2D eigenvalue weighted by molar-refractivity contribution is 5.98. The number of benzene rings is 3. The molecule has 11 atom stereocenters. The molecule has 24 heteroatoms. The molecule has 0 spiro atoms. The van der Waals surface area contributed by atoms with Crippen LogP contribution >= 0.6 is 0 Å². The maximum atomic E-state index is 14.3. The van der Waals surface area contributed by atoms with Crippen LogP contribution in [0.4, 0.5) is 0 Å². The number of aliphatic hydroxyl groups excluding tert-OH is 2. The standard InChI is InChI=1S/C54H75N11O13/c1-6-29(2)44(63-47(70)38(56)26-35-27-57-39-17-11-10-16-37(35)39)51(74)58-28-43(69)60-41(24-33-14-8-7-9-15-33)50(73)65-46(32(5)67)53(76)62-42(25-34-19-21-36(68)22-20-34)49(72)61-40(18-12-13-23-55)48(71)64-45(31(4)66)52(75)59-30(3)54(77)78/h7-11,14-17,19-22,27,29-32,38,40-42,44-46,57,66-68H,6,12-13,18,23-26,28,55-56H2,1-5H3,(H,58,74)(H,59,75)(H,60,69)(H,61,72)(H,62,76)(H,63,70)(H,64,71)(H,65,73)(H,77,78)/t29-,30-,31+,32+,38-,40-,41-,42-,44-,45-,46-/m0/s1. The quantitative estimate of drug-likeness (QED) is 0.0263. The highest BCUT2D eigenvalue weighted by atomic mass is 16.4. The number of aromatic hydroxyl groups is 1. The molecular weight excluding hydrogens is 1010 g/mol. The summed E-state index contributed by atoms with van der Waals surface area (Å²) in [5.74, 6) is -8.90. The number of hydrogen-bond acceptors (Lipinski definition) is 14. The number of unbranched alkanes of at least 4 members (excludes halogenated alkanes) is 1. The Labute approximate surface area is 452 Å². The Hall–Kier alpha value is -7.93. The fourth-order valence-electron chi connectivity index (χ4n) is 8.23. The van der Waals surface area contributed by atoms with Crippen molar-refractivity contribution in [2.45, 2.75) is 140 Å². The van der Waals surface area contributed by atoms with Gasteiger partial charge in [0.25, 0.3) is 0 Å². The molecule has 3 aromatic carbocycles. The van der Waals surface area contributed by atoms with E-state index in [1.165, 1.54) is 45.0 Å². The van der Waals surface area contributed by atoms with Crippen molar-refractivity contribution in [3.8, 4) is 5.75 Å². The monoisotopic (exact) mass is 1090 g/mol. The molecule has 424 valence electrons. The fraction of sp³-hybridized carbons (Fsp3) is 0.463. The lowest BCUT2D eigenvalue weighted by Gasteiger charge is -2.29. The molecule has 24 nitrogen and oxygen atoms in total. The Balaban J connectivity index is 1.52. The minimum atomic E-state index is -1.77. The van der Waals surface area contributed by atoms with Crippen molar-refractivity contribution in [1.29, 1.82) is 0 Å². The number of aliphatic hydroxyl groups is 2. The van der Waals surface area contributed by atoms with Crippen LogP contribution in [0.3, 0.4) is 0 Å². The van der Waals surface area contributed by atoms with E-state index in [1.54, 1.807) is 43.5 Å². The first-order valence-electron chi connectivity index (χ1n) is 25.8. The Kier molecular flexibility index (Phi) is 24.7. The van der Waals surface area contributed by atoms with Crippen molar-refractivity contribution in [2.24, 2.45) is 17.4 Å². The average Bonchev–Trinajstić information content (AvgIpc) is 3.83. The number of nitrogens with two attached hydrogens (primary N) is 2. The lowest BCUT2D eigenvalue weighted by atomic mass is 9.97. The second-order valence-corrected chi connectivity index (χ2v) is 19.4. The van der Waals surface area contributed by atoms with Gasteiger partial charge in [-0.15, -0.1) is 0 Å². The summed E-state index contributed by atoms with van der Waals surface area (Å²) in [5, 5.41) is 61.6. The summed E-state index contributed by atoms with van der Waals surface area (Å²) in [6.45, 7) is 6.73. The molecular formula is C54H75N11O13. The molecule has 0 aliphatic rings. The van der Waals surface area contributed by atoms with E-state index in [-0.39, 0.29) is 44.4 Å². The van der Waals surface area contributed by atoms with Gasteiger partial charge in [-0.25, -0.2) is 0 Å². The minimum Gasteiger partial charge on any atom is -0.508 e. The fourth-order valence-corrected chi connectivity index (χ4v) is 8.23. The molecule has 0 saturated heterocycles. The van der Waals surface area contributed by atoms with Crippen molar-refractivity contribution in [3.05, 3.63) is 102 Å². The molecule has 0 unspecified atom stereocenters. The molecule has 8 amide bonds. The van der Waals surface area contributed by atoms with Gasteiger partial charge in [0.2, 0.25) is 47.3 Å². The Bertz CT molecular complexity index is 2670. The molecule has 0 aliphatic heterocycles. The lowest BCUT2D eigenvalue weighted by molar-refractivity contribution is -0.142. The third-order valence-corrected chi connectivity index (χ3v) is 13.0. The average molecular weight is 1090 g/mol. The van der Waals surface area contributed by atoms with Gasteiger partial charge in [0.1, 0.15) is 48.0 Å². The summed E-state index contributed by atoms with van der Waals surface area (Å²) in [5.41, 5.74) is 14.7. The van der Waals surface area contributed by atoms with Crippen molar-refractivity contribution >= 4 is 64.1 Å².